The molecule has 2 rings (SSSR count). The van der Waals surface area contributed by atoms with Crippen molar-refractivity contribution < 1.29 is 4.79 Å². The summed E-state index contributed by atoms with van der Waals surface area (Å²) >= 11 is 0. The Morgan fingerprint density at radius 3 is 2.55 bits per heavy atom. The molecule has 0 radical (unpaired) electrons. The molecule has 1 saturated heterocycles. The van der Waals surface area contributed by atoms with Crippen molar-refractivity contribution in [2.45, 2.75) is 40.2 Å². The van der Waals surface area contributed by atoms with E-state index in [9.17, 15) is 4.79 Å². The van der Waals surface area contributed by atoms with Gasteiger partial charge in [-0.15, -0.1) is 0 Å². The van der Waals surface area contributed by atoms with Gasteiger partial charge in [0.05, 0.1) is 6.04 Å². The Balaban J connectivity index is 1.93. The maximum atomic E-state index is 12.1. The van der Waals surface area contributed by atoms with Gasteiger partial charge >= 0.3 is 0 Å². The van der Waals surface area contributed by atoms with Crippen molar-refractivity contribution in [3.05, 3.63) is 29.3 Å². The van der Waals surface area contributed by atoms with Gasteiger partial charge in [0.2, 0.25) is 5.91 Å². The molecule has 1 atom stereocenters. The number of aryl methyl sites for hydroxylation is 1. The average molecular weight is 303 g/mol. The van der Waals surface area contributed by atoms with E-state index in [1.54, 1.807) is 0 Å². The Bertz CT molecular complexity index is 507. The van der Waals surface area contributed by atoms with Crippen LogP contribution in [0.4, 0.5) is 5.69 Å². The van der Waals surface area contributed by atoms with Crippen LogP contribution in [0.3, 0.4) is 0 Å². The Morgan fingerprint density at radius 1 is 1.23 bits per heavy atom. The lowest BCUT2D eigenvalue weighted by molar-refractivity contribution is -0.126. The van der Waals surface area contributed by atoms with E-state index in [1.807, 2.05) is 6.92 Å². The molecule has 22 heavy (non-hydrogen) atoms. The van der Waals surface area contributed by atoms with Crippen LogP contribution in [0.1, 0.15) is 31.4 Å². The van der Waals surface area contributed by atoms with Gasteiger partial charge in [-0.1, -0.05) is 19.1 Å². The number of amides is 1. The molecule has 0 aliphatic carbocycles. The molecule has 0 unspecified atom stereocenters. The molecule has 0 saturated carbocycles. The SMILES string of the molecule is CCCNC(=O)[C@@H](C)N1CCN(c2cccc(C)c2C)CC1. The summed E-state index contributed by atoms with van der Waals surface area (Å²) in [4.78, 5) is 16.8. The van der Waals surface area contributed by atoms with E-state index >= 15 is 0 Å². The predicted octanol–water partition coefficient (Wildman–Crippen LogP) is 2.34. The molecule has 1 N–H and O–H groups in total. The highest BCUT2D eigenvalue weighted by atomic mass is 16.2. The summed E-state index contributed by atoms with van der Waals surface area (Å²) in [7, 11) is 0. The number of carbonyl (C=O) groups excluding carboxylic acids is 1. The number of carbonyl (C=O) groups is 1. The zero-order chi connectivity index (χ0) is 16.1. The monoisotopic (exact) mass is 303 g/mol. The van der Waals surface area contributed by atoms with E-state index < -0.39 is 0 Å². The normalized spacial score (nSPS) is 17.4. The van der Waals surface area contributed by atoms with Crippen molar-refractivity contribution in [3.8, 4) is 0 Å². The van der Waals surface area contributed by atoms with Crippen LogP contribution in [0.25, 0.3) is 0 Å². The second-order valence-corrected chi connectivity index (χ2v) is 6.21. The number of nitrogens with zero attached hydrogens (tertiary/aromatic N) is 2. The number of rotatable bonds is 5. The molecular formula is C18H29N3O. The molecule has 1 aliphatic heterocycles. The smallest absolute Gasteiger partial charge is 0.237 e. The fraction of sp³-hybridized carbons (Fsp3) is 0.611. The van der Waals surface area contributed by atoms with Gasteiger partial charge in [0.15, 0.2) is 0 Å². The topological polar surface area (TPSA) is 35.6 Å². The lowest BCUT2D eigenvalue weighted by Gasteiger charge is -2.39. The van der Waals surface area contributed by atoms with Gasteiger partial charge in [-0.25, -0.2) is 0 Å². The zero-order valence-corrected chi connectivity index (χ0v) is 14.4. The first-order valence-electron chi connectivity index (χ1n) is 8.37. The summed E-state index contributed by atoms with van der Waals surface area (Å²) in [6.45, 7) is 13.1. The van der Waals surface area contributed by atoms with Gasteiger partial charge in [-0.05, 0) is 44.4 Å². The summed E-state index contributed by atoms with van der Waals surface area (Å²) in [6, 6.07) is 6.46. The van der Waals surface area contributed by atoms with E-state index in [0.717, 1.165) is 39.1 Å². The quantitative estimate of drug-likeness (QED) is 0.907. The molecule has 1 aromatic rings. The van der Waals surface area contributed by atoms with Gasteiger partial charge in [-0.2, -0.15) is 0 Å². The Hall–Kier alpha value is -1.55. The minimum absolute atomic E-state index is 0.0349. The van der Waals surface area contributed by atoms with Gasteiger partial charge in [-0.3, -0.25) is 9.69 Å². The molecule has 1 aromatic carbocycles. The molecule has 122 valence electrons. The van der Waals surface area contributed by atoms with Crippen molar-refractivity contribution in [1.29, 1.82) is 0 Å². The van der Waals surface area contributed by atoms with E-state index in [0.29, 0.717) is 0 Å². The fourth-order valence-electron chi connectivity index (χ4n) is 2.99. The largest absolute Gasteiger partial charge is 0.369 e. The van der Waals surface area contributed by atoms with E-state index in [-0.39, 0.29) is 11.9 Å². The van der Waals surface area contributed by atoms with Crippen LogP contribution in [-0.2, 0) is 4.79 Å². The summed E-state index contributed by atoms with van der Waals surface area (Å²) in [5, 5.41) is 2.99. The van der Waals surface area contributed by atoms with Crippen LogP contribution >= 0.6 is 0 Å². The highest BCUT2D eigenvalue weighted by molar-refractivity contribution is 5.81. The Kier molecular flexibility index (Phi) is 5.83. The highest BCUT2D eigenvalue weighted by Crippen LogP contribution is 2.24. The van der Waals surface area contributed by atoms with Crippen molar-refractivity contribution in [2.75, 3.05) is 37.6 Å². The first-order valence-corrected chi connectivity index (χ1v) is 8.37. The third-order valence-corrected chi connectivity index (χ3v) is 4.71. The molecule has 1 aliphatic rings. The number of nitrogens with one attached hydrogen (secondary N) is 1. The average Bonchev–Trinajstić information content (AvgIpc) is 2.54. The lowest BCUT2D eigenvalue weighted by atomic mass is 10.1. The standard InChI is InChI=1S/C18H29N3O/c1-5-9-19-18(22)16(4)20-10-12-21(13-11-20)17-8-6-7-14(2)15(17)3/h6-8,16H,5,9-13H2,1-4H3,(H,19,22)/t16-/m1/s1. The highest BCUT2D eigenvalue weighted by Gasteiger charge is 2.25. The minimum atomic E-state index is -0.0349. The second-order valence-electron chi connectivity index (χ2n) is 6.21. The van der Waals surface area contributed by atoms with Crippen molar-refractivity contribution in [3.63, 3.8) is 0 Å². The second kappa shape index (κ2) is 7.63. The lowest BCUT2D eigenvalue weighted by Crippen LogP contribution is -2.54. The molecule has 0 spiro atoms. The van der Waals surface area contributed by atoms with Crippen molar-refractivity contribution in [2.24, 2.45) is 0 Å². The number of hydrogen-bond acceptors (Lipinski definition) is 3. The maximum Gasteiger partial charge on any atom is 0.237 e. The maximum absolute atomic E-state index is 12.1. The molecule has 0 bridgehead atoms. The summed E-state index contributed by atoms with van der Waals surface area (Å²) in [5.74, 6) is 0.155. The zero-order valence-electron chi connectivity index (χ0n) is 14.4. The predicted molar refractivity (Wildman–Crippen MR) is 92.5 cm³/mol. The van der Waals surface area contributed by atoms with Crippen LogP contribution in [0.5, 0.6) is 0 Å². The van der Waals surface area contributed by atoms with Crippen LogP contribution in [0.15, 0.2) is 18.2 Å². The van der Waals surface area contributed by atoms with E-state index in [4.69, 9.17) is 0 Å². The molecule has 4 heteroatoms. The summed E-state index contributed by atoms with van der Waals surface area (Å²) < 4.78 is 0. The first-order chi connectivity index (χ1) is 10.5. The van der Waals surface area contributed by atoms with Crippen LogP contribution in [0.2, 0.25) is 0 Å². The molecule has 1 fully saturated rings. The minimum Gasteiger partial charge on any atom is -0.369 e. The molecule has 1 heterocycles. The number of hydrogen-bond donors (Lipinski definition) is 1. The Labute approximate surface area is 134 Å². The molecular weight excluding hydrogens is 274 g/mol. The van der Waals surface area contributed by atoms with Crippen LogP contribution in [-0.4, -0.2) is 49.6 Å². The van der Waals surface area contributed by atoms with Gasteiger partial charge in [0.1, 0.15) is 0 Å². The van der Waals surface area contributed by atoms with Gasteiger partial charge < -0.3 is 10.2 Å². The molecule has 1 amide bonds. The summed E-state index contributed by atoms with van der Waals surface area (Å²) in [5.41, 5.74) is 4.04. The molecule has 4 nitrogen and oxygen atoms in total. The van der Waals surface area contributed by atoms with Crippen molar-refractivity contribution >= 4 is 11.6 Å². The number of benzene rings is 1. The van der Waals surface area contributed by atoms with Gasteiger partial charge in [0, 0.05) is 38.4 Å². The van der Waals surface area contributed by atoms with E-state index in [1.165, 1.54) is 16.8 Å². The fourth-order valence-corrected chi connectivity index (χ4v) is 2.99. The Morgan fingerprint density at radius 2 is 1.91 bits per heavy atom. The van der Waals surface area contributed by atoms with Gasteiger partial charge in [0.25, 0.3) is 0 Å². The van der Waals surface area contributed by atoms with Crippen LogP contribution in [0, 0.1) is 13.8 Å². The number of piperazine rings is 1. The number of anilines is 1. The third-order valence-electron chi connectivity index (χ3n) is 4.71. The first kappa shape index (κ1) is 16.8. The van der Waals surface area contributed by atoms with E-state index in [2.05, 4.69) is 54.1 Å². The third kappa shape index (κ3) is 3.80. The summed E-state index contributed by atoms with van der Waals surface area (Å²) in [6.07, 6.45) is 0.985. The van der Waals surface area contributed by atoms with Crippen LogP contribution < -0.4 is 10.2 Å². The van der Waals surface area contributed by atoms with Crippen molar-refractivity contribution in [1.82, 2.24) is 10.2 Å². The molecule has 0 aromatic heterocycles.